The monoisotopic (exact) mass is 390 g/mol. The van der Waals surface area contributed by atoms with E-state index in [0.717, 1.165) is 3.79 Å². The van der Waals surface area contributed by atoms with Gasteiger partial charge in [0.15, 0.2) is 6.10 Å². The molecule has 22 heavy (non-hydrogen) atoms. The lowest BCUT2D eigenvalue weighted by Crippen LogP contribution is -2.54. The molecule has 1 aliphatic rings. The van der Waals surface area contributed by atoms with Gasteiger partial charge < -0.3 is 20.1 Å². The minimum Gasteiger partial charge on any atom is -0.479 e. The average molecular weight is 391 g/mol. The molecule has 2 atom stereocenters. The summed E-state index contributed by atoms with van der Waals surface area (Å²) >= 11 is 4.54. The van der Waals surface area contributed by atoms with Crippen molar-refractivity contribution in [3.05, 3.63) is 20.8 Å². The van der Waals surface area contributed by atoms with Gasteiger partial charge in [0.1, 0.15) is 6.04 Å². The largest absolute Gasteiger partial charge is 0.479 e. The molecule has 1 aliphatic heterocycles. The van der Waals surface area contributed by atoms with E-state index in [-0.39, 0.29) is 25.0 Å². The summed E-state index contributed by atoms with van der Waals surface area (Å²) in [7, 11) is 0. The molecule has 1 aromatic rings. The maximum absolute atomic E-state index is 12.3. The fourth-order valence-electron chi connectivity index (χ4n) is 2.04. The molecule has 0 radical (unpaired) electrons. The highest BCUT2D eigenvalue weighted by Crippen LogP contribution is 2.22. The van der Waals surface area contributed by atoms with Crippen LogP contribution in [-0.2, 0) is 14.3 Å². The molecule has 7 nitrogen and oxygen atoms in total. The lowest BCUT2D eigenvalue weighted by molar-refractivity contribution is -0.159. The highest BCUT2D eigenvalue weighted by molar-refractivity contribution is 9.11. The Morgan fingerprint density at radius 1 is 1.50 bits per heavy atom. The molecular weight excluding hydrogens is 376 g/mol. The number of ether oxygens (including phenoxy) is 1. The number of amides is 2. The first-order valence-electron chi connectivity index (χ1n) is 6.58. The Morgan fingerprint density at radius 3 is 2.82 bits per heavy atom. The topological polar surface area (TPSA) is 95.9 Å². The van der Waals surface area contributed by atoms with E-state index in [1.54, 1.807) is 19.1 Å². The maximum atomic E-state index is 12.3. The lowest BCUT2D eigenvalue weighted by Gasteiger charge is -2.32. The van der Waals surface area contributed by atoms with Crippen LogP contribution in [0.15, 0.2) is 15.9 Å². The summed E-state index contributed by atoms with van der Waals surface area (Å²) in [4.78, 5) is 37.1. The van der Waals surface area contributed by atoms with Crippen LogP contribution < -0.4 is 5.32 Å². The number of carboxylic acids is 1. The van der Waals surface area contributed by atoms with Gasteiger partial charge in [-0.3, -0.25) is 9.59 Å². The van der Waals surface area contributed by atoms with Crippen LogP contribution in [0, 0.1) is 0 Å². The number of aliphatic carboxylic acids is 1. The number of hydrogen-bond acceptors (Lipinski definition) is 5. The number of nitrogens with one attached hydrogen (secondary N) is 1. The zero-order valence-corrected chi connectivity index (χ0v) is 14.1. The fraction of sp³-hybridized carbons (Fsp3) is 0.462. The zero-order valence-electron chi connectivity index (χ0n) is 11.7. The van der Waals surface area contributed by atoms with Crippen molar-refractivity contribution in [2.24, 2.45) is 0 Å². The van der Waals surface area contributed by atoms with Gasteiger partial charge in [0, 0.05) is 6.54 Å². The summed E-state index contributed by atoms with van der Waals surface area (Å²) in [5, 5.41) is 11.6. The molecular formula is C13H15BrN2O5S. The number of rotatable bonds is 4. The van der Waals surface area contributed by atoms with Crippen LogP contribution in [0.3, 0.4) is 0 Å². The Labute approximate surface area is 139 Å². The Morgan fingerprint density at radius 2 is 2.23 bits per heavy atom. The minimum atomic E-state index is -1.10. The van der Waals surface area contributed by atoms with Gasteiger partial charge in [-0.25, -0.2) is 4.79 Å². The Balaban J connectivity index is 1.94. The first kappa shape index (κ1) is 16.9. The predicted octanol–water partition coefficient (Wildman–Crippen LogP) is 0.941. The van der Waals surface area contributed by atoms with Gasteiger partial charge >= 0.3 is 5.97 Å². The van der Waals surface area contributed by atoms with E-state index >= 15 is 0 Å². The summed E-state index contributed by atoms with van der Waals surface area (Å²) in [5.74, 6) is -1.75. The van der Waals surface area contributed by atoms with Crippen molar-refractivity contribution >= 4 is 45.1 Å². The molecule has 0 aromatic carbocycles. The van der Waals surface area contributed by atoms with Gasteiger partial charge in [0.25, 0.3) is 5.91 Å². The van der Waals surface area contributed by atoms with Crippen molar-refractivity contribution in [2.45, 2.75) is 19.1 Å². The van der Waals surface area contributed by atoms with E-state index in [1.165, 1.54) is 16.2 Å². The molecule has 120 valence electrons. The highest BCUT2D eigenvalue weighted by atomic mass is 79.9. The van der Waals surface area contributed by atoms with Crippen LogP contribution in [0.2, 0.25) is 0 Å². The van der Waals surface area contributed by atoms with Crippen LogP contribution in [0.4, 0.5) is 0 Å². The number of hydrogen-bond donors (Lipinski definition) is 2. The molecule has 0 aliphatic carbocycles. The number of morpholine rings is 1. The second-order valence-corrected chi connectivity index (χ2v) is 7.24. The van der Waals surface area contributed by atoms with Crippen molar-refractivity contribution in [1.29, 1.82) is 0 Å². The molecule has 0 spiro atoms. The smallest absolute Gasteiger partial charge is 0.334 e. The van der Waals surface area contributed by atoms with E-state index in [9.17, 15) is 14.4 Å². The predicted molar refractivity (Wildman–Crippen MR) is 82.9 cm³/mol. The summed E-state index contributed by atoms with van der Waals surface area (Å²) < 4.78 is 5.90. The van der Waals surface area contributed by atoms with Crippen molar-refractivity contribution < 1.29 is 24.2 Å². The number of nitrogens with zero attached hydrogens (tertiary/aromatic N) is 1. The van der Waals surface area contributed by atoms with Crippen LogP contribution in [0.5, 0.6) is 0 Å². The molecule has 9 heteroatoms. The molecule has 2 heterocycles. The van der Waals surface area contributed by atoms with Gasteiger partial charge in [0.2, 0.25) is 5.91 Å². The fourth-order valence-corrected chi connectivity index (χ4v) is 3.33. The minimum absolute atomic E-state index is 0.0150. The SMILES string of the molecule is CC(NC(=O)c1ccc(Br)s1)C(=O)N1CCOC(C(=O)O)C1. The van der Waals surface area contributed by atoms with Crippen LogP contribution in [0.25, 0.3) is 0 Å². The van der Waals surface area contributed by atoms with Crippen molar-refractivity contribution in [3.8, 4) is 0 Å². The quantitative estimate of drug-likeness (QED) is 0.797. The molecule has 1 fully saturated rings. The summed E-state index contributed by atoms with van der Waals surface area (Å²) in [6.07, 6.45) is -1.02. The molecule has 1 saturated heterocycles. The summed E-state index contributed by atoms with van der Waals surface area (Å²) in [6.45, 7) is 2.04. The standard InChI is InChI=1S/C13H15BrN2O5S/c1-7(15-11(17)9-2-3-10(14)22-9)12(18)16-4-5-21-8(6-16)13(19)20/h2-3,7-8H,4-6H2,1H3,(H,15,17)(H,19,20). The maximum Gasteiger partial charge on any atom is 0.334 e. The van der Waals surface area contributed by atoms with Gasteiger partial charge in [-0.05, 0) is 35.0 Å². The van der Waals surface area contributed by atoms with E-state index in [4.69, 9.17) is 9.84 Å². The van der Waals surface area contributed by atoms with E-state index in [2.05, 4.69) is 21.2 Å². The van der Waals surface area contributed by atoms with Gasteiger partial charge in [-0.15, -0.1) is 11.3 Å². The molecule has 2 N–H and O–H groups in total. The van der Waals surface area contributed by atoms with Crippen LogP contribution in [0.1, 0.15) is 16.6 Å². The second kappa shape index (κ2) is 7.21. The number of halogens is 1. The Hall–Kier alpha value is -1.45. The lowest BCUT2D eigenvalue weighted by atomic mass is 10.2. The van der Waals surface area contributed by atoms with Crippen molar-refractivity contribution in [1.82, 2.24) is 10.2 Å². The van der Waals surface area contributed by atoms with Crippen LogP contribution in [-0.4, -0.2) is 59.6 Å². The van der Waals surface area contributed by atoms with Gasteiger partial charge in [0.05, 0.1) is 21.8 Å². The molecule has 2 amide bonds. The zero-order chi connectivity index (χ0) is 16.3. The van der Waals surface area contributed by atoms with Crippen molar-refractivity contribution in [3.63, 3.8) is 0 Å². The van der Waals surface area contributed by atoms with Crippen molar-refractivity contribution in [2.75, 3.05) is 19.7 Å². The van der Waals surface area contributed by atoms with E-state index < -0.39 is 18.1 Å². The van der Waals surface area contributed by atoms with Gasteiger partial charge in [-0.2, -0.15) is 0 Å². The third-order valence-electron chi connectivity index (χ3n) is 3.17. The summed E-state index contributed by atoms with van der Waals surface area (Å²) in [6, 6.07) is 2.68. The van der Waals surface area contributed by atoms with E-state index in [1.807, 2.05) is 0 Å². The first-order chi connectivity index (χ1) is 10.4. The normalized spacial score (nSPS) is 19.5. The molecule has 0 saturated carbocycles. The third-order valence-corrected chi connectivity index (χ3v) is 4.79. The molecule has 0 bridgehead atoms. The van der Waals surface area contributed by atoms with Gasteiger partial charge in [-0.1, -0.05) is 0 Å². The van der Waals surface area contributed by atoms with Crippen LogP contribution >= 0.6 is 27.3 Å². The number of carbonyl (C=O) groups excluding carboxylic acids is 2. The summed E-state index contributed by atoms with van der Waals surface area (Å²) in [5.41, 5.74) is 0. The molecule has 1 aromatic heterocycles. The number of thiophene rings is 1. The number of carbonyl (C=O) groups is 3. The second-order valence-electron chi connectivity index (χ2n) is 4.78. The van der Waals surface area contributed by atoms with E-state index in [0.29, 0.717) is 11.4 Å². The molecule has 2 rings (SSSR count). The average Bonchev–Trinajstić information content (AvgIpc) is 2.93. The Bertz CT molecular complexity index is 591. The third kappa shape index (κ3) is 4.05. The first-order valence-corrected chi connectivity index (χ1v) is 8.19. The Kier molecular flexibility index (Phi) is 5.54. The highest BCUT2D eigenvalue weighted by Gasteiger charge is 2.31. The number of carboxylic acid groups (broad SMARTS) is 1. The molecule has 2 unspecified atom stereocenters.